The first-order valence-electron chi connectivity index (χ1n) is 8.22. The maximum absolute atomic E-state index is 6.15. The highest BCUT2D eigenvalue weighted by molar-refractivity contribution is 5.91. The van der Waals surface area contributed by atoms with Crippen molar-refractivity contribution in [2.75, 3.05) is 44.5 Å². The van der Waals surface area contributed by atoms with Crippen molar-refractivity contribution in [3.05, 3.63) is 12.1 Å². The number of anilines is 2. The number of nitrogen functional groups attached to an aromatic ring is 1. The standard InChI is InChI=1S/C17H24N4O3/c1-4-24-11-5-7-21(8-6-11)17-19-13-10-15(23-3)14(22-2)9-12(13)16(18)20-17/h9-11H,4-8H2,1-3H3,(H2,18,19,20). The molecule has 7 heteroatoms. The minimum atomic E-state index is 0.327. The molecule has 1 fully saturated rings. The summed E-state index contributed by atoms with van der Waals surface area (Å²) >= 11 is 0. The van der Waals surface area contributed by atoms with Gasteiger partial charge in [-0.15, -0.1) is 0 Å². The molecule has 0 unspecified atom stereocenters. The molecular weight excluding hydrogens is 308 g/mol. The van der Waals surface area contributed by atoms with Gasteiger partial charge in [0.1, 0.15) is 5.82 Å². The summed E-state index contributed by atoms with van der Waals surface area (Å²) in [6.45, 7) is 4.51. The predicted molar refractivity (Wildman–Crippen MR) is 93.9 cm³/mol. The lowest BCUT2D eigenvalue weighted by molar-refractivity contribution is 0.0457. The van der Waals surface area contributed by atoms with Crippen molar-refractivity contribution >= 4 is 22.7 Å². The minimum Gasteiger partial charge on any atom is -0.493 e. The Morgan fingerprint density at radius 1 is 1.12 bits per heavy atom. The second-order valence-corrected chi connectivity index (χ2v) is 5.77. The molecule has 0 saturated carbocycles. The van der Waals surface area contributed by atoms with Crippen LogP contribution in [0.25, 0.3) is 10.9 Å². The summed E-state index contributed by atoms with van der Waals surface area (Å²) in [7, 11) is 3.20. The molecule has 0 atom stereocenters. The van der Waals surface area contributed by atoms with Gasteiger partial charge in [-0.3, -0.25) is 0 Å². The van der Waals surface area contributed by atoms with Gasteiger partial charge in [-0.05, 0) is 25.8 Å². The summed E-state index contributed by atoms with van der Waals surface area (Å²) in [5.41, 5.74) is 6.91. The van der Waals surface area contributed by atoms with Crippen LogP contribution in [-0.2, 0) is 4.74 Å². The van der Waals surface area contributed by atoms with Crippen LogP contribution in [0.1, 0.15) is 19.8 Å². The average Bonchev–Trinajstić information content (AvgIpc) is 2.61. The van der Waals surface area contributed by atoms with Crippen LogP contribution in [0.4, 0.5) is 11.8 Å². The summed E-state index contributed by atoms with van der Waals surface area (Å²) in [6, 6.07) is 3.65. The zero-order chi connectivity index (χ0) is 17.1. The fraction of sp³-hybridized carbons (Fsp3) is 0.529. The lowest BCUT2D eigenvalue weighted by atomic mass is 10.1. The Labute approximate surface area is 141 Å². The van der Waals surface area contributed by atoms with Crippen LogP contribution in [-0.4, -0.2) is 50.0 Å². The Kier molecular flexibility index (Phi) is 4.89. The first-order chi connectivity index (χ1) is 11.7. The van der Waals surface area contributed by atoms with E-state index in [9.17, 15) is 0 Å². The number of fused-ring (bicyclic) bond motifs is 1. The van der Waals surface area contributed by atoms with Crippen LogP contribution in [0.15, 0.2) is 12.1 Å². The topological polar surface area (TPSA) is 82.7 Å². The second kappa shape index (κ2) is 7.09. The van der Waals surface area contributed by atoms with E-state index >= 15 is 0 Å². The van der Waals surface area contributed by atoms with Crippen molar-refractivity contribution in [1.29, 1.82) is 0 Å². The summed E-state index contributed by atoms with van der Waals surface area (Å²) in [5, 5.41) is 0.764. The van der Waals surface area contributed by atoms with E-state index in [0.717, 1.165) is 43.4 Å². The van der Waals surface area contributed by atoms with E-state index in [1.807, 2.05) is 19.1 Å². The number of hydrogen-bond donors (Lipinski definition) is 1. The third-order valence-corrected chi connectivity index (χ3v) is 4.35. The van der Waals surface area contributed by atoms with Crippen molar-refractivity contribution in [3.8, 4) is 11.5 Å². The van der Waals surface area contributed by atoms with Gasteiger partial charge in [0.05, 0.1) is 25.8 Å². The predicted octanol–water partition coefficient (Wildman–Crippen LogP) is 2.23. The summed E-state index contributed by atoms with van der Waals surface area (Å²) in [5.74, 6) is 2.35. The molecular formula is C17H24N4O3. The molecule has 0 bridgehead atoms. The summed E-state index contributed by atoms with van der Waals surface area (Å²) in [6.07, 6.45) is 2.27. The van der Waals surface area contributed by atoms with Gasteiger partial charge in [-0.2, -0.15) is 4.98 Å². The molecule has 130 valence electrons. The Balaban J connectivity index is 1.90. The molecule has 0 amide bonds. The van der Waals surface area contributed by atoms with E-state index < -0.39 is 0 Å². The van der Waals surface area contributed by atoms with Crippen LogP contribution in [0.3, 0.4) is 0 Å². The summed E-state index contributed by atoms with van der Waals surface area (Å²) < 4.78 is 16.4. The van der Waals surface area contributed by atoms with Gasteiger partial charge in [-0.25, -0.2) is 4.98 Å². The molecule has 2 N–H and O–H groups in total. The van der Waals surface area contributed by atoms with Crippen molar-refractivity contribution in [2.24, 2.45) is 0 Å². The molecule has 3 rings (SSSR count). The van der Waals surface area contributed by atoms with E-state index in [1.54, 1.807) is 14.2 Å². The Morgan fingerprint density at radius 2 is 1.79 bits per heavy atom. The largest absolute Gasteiger partial charge is 0.493 e. The van der Waals surface area contributed by atoms with Gasteiger partial charge < -0.3 is 24.8 Å². The highest BCUT2D eigenvalue weighted by atomic mass is 16.5. The average molecular weight is 332 g/mol. The fourth-order valence-electron chi connectivity index (χ4n) is 3.07. The molecule has 0 aliphatic carbocycles. The first-order valence-corrected chi connectivity index (χ1v) is 8.22. The van der Waals surface area contributed by atoms with Crippen LogP contribution < -0.4 is 20.1 Å². The zero-order valence-corrected chi connectivity index (χ0v) is 14.4. The molecule has 0 radical (unpaired) electrons. The lowest BCUT2D eigenvalue weighted by Gasteiger charge is -2.32. The van der Waals surface area contributed by atoms with Crippen LogP contribution in [0, 0.1) is 0 Å². The van der Waals surface area contributed by atoms with Gasteiger partial charge in [0, 0.05) is 31.1 Å². The molecule has 0 spiro atoms. The van der Waals surface area contributed by atoms with E-state index in [0.29, 0.717) is 29.4 Å². The molecule has 1 aliphatic rings. The van der Waals surface area contributed by atoms with E-state index in [4.69, 9.17) is 19.9 Å². The molecule has 2 heterocycles. The van der Waals surface area contributed by atoms with Crippen molar-refractivity contribution in [2.45, 2.75) is 25.9 Å². The van der Waals surface area contributed by atoms with Gasteiger partial charge in [0.25, 0.3) is 0 Å². The third-order valence-electron chi connectivity index (χ3n) is 4.35. The number of piperidine rings is 1. The third kappa shape index (κ3) is 3.17. The fourth-order valence-corrected chi connectivity index (χ4v) is 3.07. The van der Waals surface area contributed by atoms with Crippen LogP contribution in [0.5, 0.6) is 11.5 Å². The Bertz CT molecular complexity index is 715. The summed E-state index contributed by atoms with van der Waals surface area (Å²) in [4.78, 5) is 11.3. The highest BCUT2D eigenvalue weighted by Crippen LogP contribution is 2.34. The first kappa shape index (κ1) is 16.6. The molecule has 1 aliphatic heterocycles. The smallest absolute Gasteiger partial charge is 0.227 e. The van der Waals surface area contributed by atoms with Gasteiger partial charge >= 0.3 is 0 Å². The zero-order valence-electron chi connectivity index (χ0n) is 14.4. The van der Waals surface area contributed by atoms with Crippen molar-refractivity contribution in [3.63, 3.8) is 0 Å². The lowest BCUT2D eigenvalue weighted by Crippen LogP contribution is -2.38. The number of ether oxygens (including phenoxy) is 3. The van der Waals surface area contributed by atoms with Crippen molar-refractivity contribution < 1.29 is 14.2 Å². The number of nitrogens with zero attached hydrogens (tertiary/aromatic N) is 3. The monoisotopic (exact) mass is 332 g/mol. The minimum absolute atomic E-state index is 0.327. The second-order valence-electron chi connectivity index (χ2n) is 5.77. The number of methoxy groups -OCH3 is 2. The van der Waals surface area contributed by atoms with Crippen molar-refractivity contribution in [1.82, 2.24) is 9.97 Å². The van der Waals surface area contributed by atoms with Gasteiger partial charge in [0.2, 0.25) is 5.95 Å². The SMILES string of the molecule is CCOC1CCN(c2nc(N)c3cc(OC)c(OC)cc3n2)CC1. The van der Waals surface area contributed by atoms with E-state index in [1.165, 1.54) is 0 Å². The number of rotatable bonds is 5. The maximum atomic E-state index is 6.15. The van der Waals surface area contributed by atoms with Crippen LogP contribution in [0.2, 0.25) is 0 Å². The molecule has 2 aromatic rings. The molecule has 24 heavy (non-hydrogen) atoms. The Morgan fingerprint density at radius 3 is 2.42 bits per heavy atom. The molecule has 7 nitrogen and oxygen atoms in total. The number of benzene rings is 1. The highest BCUT2D eigenvalue weighted by Gasteiger charge is 2.22. The normalized spacial score (nSPS) is 15.7. The van der Waals surface area contributed by atoms with E-state index in [2.05, 4.69) is 14.9 Å². The molecule has 1 aromatic carbocycles. The number of aromatic nitrogens is 2. The number of nitrogens with two attached hydrogens (primary N) is 1. The Hall–Kier alpha value is -2.28. The molecule has 1 aromatic heterocycles. The van der Waals surface area contributed by atoms with Crippen LogP contribution >= 0.6 is 0 Å². The van der Waals surface area contributed by atoms with E-state index in [-0.39, 0.29) is 0 Å². The number of hydrogen-bond acceptors (Lipinski definition) is 7. The maximum Gasteiger partial charge on any atom is 0.227 e. The van der Waals surface area contributed by atoms with Gasteiger partial charge in [0.15, 0.2) is 11.5 Å². The van der Waals surface area contributed by atoms with Gasteiger partial charge in [-0.1, -0.05) is 0 Å². The quantitative estimate of drug-likeness (QED) is 0.899. The molecule has 1 saturated heterocycles.